The summed E-state index contributed by atoms with van der Waals surface area (Å²) >= 11 is 0. The molecule has 0 radical (unpaired) electrons. The van der Waals surface area contributed by atoms with Crippen molar-refractivity contribution >= 4 is 11.7 Å². The molecule has 0 spiro atoms. The van der Waals surface area contributed by atoms with Crippen LogP contribution in [0.2, 0.25) is 0 Å². The highest BCUT2D eigenvalue weighted by Crippen LogP contribution is 2.31. The molecule has 2 fully saturated rings. The second kappa shape index (κ2) is 6.50. The van der Waals surface area contributed by atoms with Crippen molar-refractivity contribution in [1.82, 2.24) is 14.9 Å². The molecule has 1 aliphatic heterocycles. The lowest BCUT2D eigenvalue weighted by molar-refractivity contribution is -0.132. The first-order valence-corrected chi connectivity index (χ1v) is 8.16. The molecule has 6 heteroatoms. The Balaban J connectivity index is 1.64. The Morgan fingerprint density at radius 2 is 2.05 bits per heavy atom. The monoisotopic (exact) mass is 304 g/mol. The number of anilines is 1. The molecule has 1 aromatic heterocycles. The van der Waals surface area contributed by atoms with Crippen molar-refractivity contribution in [1.29, 1.82) is 0 Å². The van der Waals surface area contributed by atoms with Crippen molar-refractivity contribution in [3.63, 3.8) is 0 Å². The molecule has 6 nitrogen and oxygen atoms in total. The molecular formula is C16H24N4O2. The maximum Gasteiger partial charge on any atom is 0.234 e. The minimum Gasteiger partial charge on any atom is -0.474 e. The average molecular weight is 304 g/mol. The van der Waals surface area contributed by atoms with Crippen molar-refractivity contribution in [3.05, 3.63) is 12.4 Å². The van der Waals surface area contributed by atoms with Crippen molar-refractivity contribution < 1.29 is 9.53 Å². The summed E-state index contributed by atoms with van der Waals surface area (Å²) in [5, 5.41) is 0. The number of rotatable bonds is 4. The Kier molecular flexibility index (Phi) is 4.45. The van der Waals surface area contributed by atoms with Gasteiger partial charge in [-0.2, -0.15) is 4.98 Å². The fourth-order valence-electron chi connectivity index (χ4n) is 2.74. The number of ether oxygens (including phenoxy) is 1. The number of amides is 1. The van der Waals surface area contributed by atoms with E-state index in [0.717, 1.165) is 51.3 Å². The van der Waals surface area contributed by atoms with Gasteiger partial charge in [-0.05, 0) is 33.1 Å². The van der Waals surface area contributed by atoms with Gasteiger partial charge in [-0.1, -0.05) is 0 Å². The van der Waals surface area contributed by atoms with E-state index >= 15 is 0 Å². The van der Waals surface area contributed by atoms with Gasteiger partial charge in [0.15, 0.2) is 5.82 Å². The maximum atomic E-state index is 12.2. The van der Waals surface area contributed by atoms with Gasteiger partial charge < -0.3 is 14.5 Å². The van der Waals surface area contributed by atoms with Gasteiger partial charge in [-0.15, -0.1) is 0 Å². The lowest BCUT2D eigenvalue weighted by Gasteiger charge is -2.23. The van der Waals surface area contributed by atoms with Crippen molar-refractivity contribution in [2.45, 2.75) is 39.2 Å². The van der Waals surface area contributed by atoms with E-state index in [9.17, 15) is 4.79 Å². The van der Waals surface area contributed by atoms with Gasteiger partial charge in [-0.3, -0.25) is 9.78 Å². The van der Waals surface area contributed by atoms with Crippen LogP contribution in [0.4, 0.5) is 5.82 Å². The van der Waals surface area contributed by atoms with Crippen LogP contribution in [-0.4, -0.2) is 53.1 Å². The normalized spacial score (nSPS) is 19.2. The van der Waals surface area contributed by atoms with Gasteiger partial charge >= 0.3 is 0 Å². The van der Waals surface area contributed by atoms with Crippen LogP contribution in [0.15, 0.2) is 12.4 Å². The van der Waals surface area contributed by atoms with Crippen LogP contribution >= 0.6 is 0 Å². The standard InChI is InChI=1S/C16H24N4O2/c1-12(2)22-15-11-17-10-14(18-15)19-6-3-7-20(9-8-19)16(21)13-4-5-13/h10-13H,3-9H2,1-2H3. The van der Waals surface area contributed by atoms with Crippen LogP contribution in [0.5, 0.6) is 5.88 Å². The van der Waals surface area contributed by atoms with Gasteiger partial charge in [0.25, 0.3) is 0 Å². The fraction of sp³-hybridized carbons (Fsp3) is 0.688. The second-order valence-corrected chi connectivity index (χ2v) is 6.32. The molecule has 120 valence electrons. The van der Waals surface area contributed by atoms with Crippen molar-refractivity contribution in [2.75, 3.05) is 31.1 Å². The summed E-state index contributed by atoms with van der Waals surface area (Å²) in [5.41, 5.74) is 0. The molecule has 1 saturated heterocycles. The Morgan fingerprint density at radius 3 is 2.77 bits per heavy atom. The second-order valence-electron chi connectivity index (χ2n) is 6.32. The van der Waals surface area contributed by atoms with Gasteiger partial charge in [0.1, 0.15) is 0 Å². The first-order valence-electron chi connectivity index (χ1n) is 8.16. The quantitative estimate of drug-likeness (QED) is 0.847. The number of nitrogens with zero attached hydrogens (tertiary/aromatic N) is 4. The molecule has 0 atom stereocenters. The molecule has 0 N–H and O–H groups in total. The van der Waals surface area contributed by atoms with Gasteiger partial charge in [-0.25, -0.2) is 0 Å². The maximum absolute atomic E-state index is 12.2. The predicted molar refractivity (Wildman–Crippen MR) is 83.9 cm³/mol. The molecular weight excluding hydrogens is 280 g/mol. The summed E-state index contributed by atoms with van der Waals surface area (Å²) in [7, 11) is 0. The summed E-state index contributed by atoms with van der Waals surface area (Å²) in [6.07, 6.45) is 6.60. The largest absolute Gasteiger partial charge is 0.474 e. The Morgan fingerprint density at radius 1 is 1.23 bits per heavy atom. The van der Waals surface area contributed by atoms with E-state index in [1.165, 1.54) is 0 Å². The third-order valence-electron chi connectivity index (χ3n) is 4.01. The van der Waals surface area contributed by atoms with E-state index in [1.54, 1.807) is 12.4 Å². The molecule has 3 rings (SSSR count). The molecule has 1 saturated carbocycles. The summed E-state index contributed by atoms with van der Waals surface area (Å²) in [6, 6.07) is 0. The predicted octanol–water partition coefficient (Wildman–Crippen LogP) is 1.71. The third kappa shape index (κ3) is 3.67. The number of carbonyl (C=O) groups is 1. The minimum absolute atomic E-state index is 0.0836. The summed E-state index contributed by atoms with van der Waals surface area (Å²) in [5.74, 6) is 2.03. The summed E-state index contributed by atoms with van der Waals surface area (Å²) < 4.78 is 5.61. The molecule has 0 unspecified atom stereocenters. The zero-order valence-corrected chi connectivity index (χ0v) is 13.4. The minimum atomic E-state index is 0.0836. The first-order chi connectivity index (χ1) is 10.6. The molecule has 1 aliphatic carbocycles. The van der Waals surface area contributed by atoms with Gasteiger partial charge in [0.05, 0.1) is 18.5 Å². The smallest absolute Gasteiger partial charge is 0.234 e. The number of hydrogen-bond donors (Lipinski definition) is 0. The Hall–Kier alpha value is -1.85. The van der Waals surface area contributed by atoms with Crippen LogP contribution in [0, 0.1) is 5.92 Å². The number of aromatic nitrogens is 2. The zero-order valence-electron chi connectivity index (χ0n) is 13.4. The third-order valence-corrected chi connectivity index (χ3v) is 4.01. The highest BCUT2D eigenvalue weighted by atomic mass is 16.5. The van der Waals surface area contributed by atoms with Gasteiger partial charge in [0.2, 0.25) is 11.8 Å². The molecule has 22 heavy (non-hydrogen) atoms. The van der Waals surface area contributed by atoms with Crippen LogP contribution in [-0.2, 0) is 4.79 Å². The summed E-state index contributed by atoms with van der Waals surface area (Å²) in [6.45, 7) is 7.27. The summed E-state index contributed by atoms with van der Waals surface area (Å²) in [4.78, 5) is 25.2. The molecule has 1 amide bonds. The molecule has 1 aromatic rings. The van der Waals surface area contributed by atoms with Gasteiger partial charge in [0, 0.05) is 32.1 Å². The lowest BCUT2D eigenvalue weighted by Crippen LogP contribution is -2.36. The number of hydrogen-bond acceptors (Lipinski definition) is 5. The van der Waals surface area contributed by atoms with E-state index in [-0.39, 0.29) is 6.10 Å². The van der Waals surface area contributed by atoms with Crippen LogP contribution in [0.3, 0.4) is 0 Å². The molecule has 2 heterocycles. The van der Waals surface area contributed by atoms with Crippen molar-refractivity contribution in [2.24, 2.45) is 5.92 Å². The highest BCUT2D eigenvalue weighted by Gasteiger charge is 2.34. The number of carbonyl (C=O) groups excluding carboxylic acids is 1. The van der Waals surface area contributed by atoms with E-state index in [4.69, 9.17) is 4.74 Å². The molecule has 0 bridgehead atoms. The van der Waals surface area contributed by atoms with Crippen LogP contribution in [0.1, 0.15) is 33.1 Å². The van der Waals surface area contributed by atoms with E-state index in [1.807, 2.05) is 18.7 Å². The zero-order chi connectivity index (χ0) is 15.5. The topological polar surface area (TPSA) is 58.6 Å². The van der Waals surface area contributed by atoms with Crippen molar-refractivity contribution in [3.8, 4) is 5.88 Å². The average Bonchev–Trinajstić information content (AvgIpc) is 3.33. The van der Waals surface area contributed by atoms with Crippen LogP contribution in [0.25, 0.3) is 0 Å². The van der Waals surface area contributed by atoms with E-state index in [0.29, 0.717) is 17.7 Å². The van der Waals surface area contributed by atoms with Crippen LogP contribution < -0.4 is 9.64 Å². The SMILES string of the molecule is CC(C)Oc1cncc(N2CCCN(C(=O)C3CC3)CC2)n1. The fourth-order valence-corrected chi connectivity index (χ4v) is 2.74. The first kappa shape index (κ1) is 15.1. The molecule has 2 aliphatic rings. The van der Waals surface area contributed by atoms with E-state index < -0.39 is 0 Å². The molecule has 0 aromatic carbocycles. The highest BCUT2D eigenvalue weighted by molar-refractivity contribution is 5.81. The Labute approximate surface area is 131 Å². The Bertz CT molecular complexity index is 531. The lowest BCUT2D eigenvalue weighted by atomic mass is 10.3. The van der Waals surface area contributed by atoms with E-state index in [2.05, 4.69) is 14.9 Å².